The lowest BCUT2D eigenvalue weighted by molar-refractivity contribution is -0.138. The second-order valence-corrected chi connectivity index (χ2v) is 8.00. The summed E-state index contributed by atoms with van der Waals surface area (Å²) in [6.07, 6.45) is 2.91. The lowest BCUT2D eigenvalue weighted by atomic mass is 9.87. The monoisotopic (exact) mass is 386 g/mol. The van der Waals surface area contributed by atoms with E-state index in [4.69, 9.17) is 14.6 Å². The van der Waals surface area contributed by atoms with E-state index in [2.05, 4.69) is 12.2 Å². The van der Waals surface area contributed by atoms with E-state index in [0.29, 0.717) is 32.5 Å². The first kappa shape index (κ1) is 23.0. The van der Waals surface area contributed by atoms with E-state index in [1.165, 1.54) is 0 Å². The third kappa shape index (κ3) is 9.49. The third-order valence-electron chi connectivity index (χ3n) is 4.44. The van der Waals surface area contributed by atoms with Gasteiger partial charge in [-0.25, -0.2) is 9.59 Å². The Hall–Kier alpha value is -1.99. The molecule has 0 aliphatic carbocycles. The van der Waals surface area contributed by atoms with Crippen molar-refractivity contribution in [2.45, 2.75) is 77.9 Å². The van der Waals surface area contributed by atoms with Gasteiger partial charge in [0.25, 0.3) is 0 Å². The number of aliphatic carboxylic acids is 1. The summed E-state index contributed by atoms with van der Waals surface area (Å²) >= 11 is 0. The van der Waals surface area contributed by atoms with Gasteiger partial charge in [0, 0.05) is 19.1 Å². The number of piperidine rings is 1. The van der Waals surface area contributed by atoms with Crippen LogP contribution < -0.4 is 5.32 Å². The Labute approximate surface area is 161 Å². The summed E-state index contributed by atoms with van der Waals surface area (Å²) in [6, 6.07) is -0.512. The number of amides is 2. The second kappa shape index (κ2) is 11.0. The van der Waals surface area contributed by atoms with Crippen LogP contribution >= 0.6 is 0 Å². The quantitative estimate of drug-likeness (QED) is 0.620. The van der Waals surface area contributed by atoms with Crippen molar-refractivity contribution in [2.24, 2.45) is 5.92 Å². The van der Waals surface area contributed by atoms with E-state index in [9.17, 15) is 14.4 Å². The van der Waals surface area contributed by atoms with Crippen molar-refractivity contribution in [1.82, 2.24) is 10.2 Å². The molecule has 0 aromatic heterocycles. The number of hydrogen-bond acceptors (Lipinski definition) is 5. The predicted octanol–water partition coefficient (Wildman–Crippen LogP) is 3.39. The van der Waals surface area contributed by atoms with Crippen LogP contribution in [0.2, 0.25) is 0 Å². The zero-order valence-corrected chi connectivity index (χ0v) is 17.0. The number of carboxylic acid groups (broad SMARTS) is 1. The molecule has 0 saturated carbocycles. The molecule has 0 aromatic rings. The van der Waals surface area contributed by atoms with E-state index >= 15 is 0 Å². The van der Waals surface area contributed by atoms with Gasteiger partial charge in [-0.2, -0.15) is 0 Å². The minimum atomic E-state index is -0.971. The molecule has 2 amide bonds. The first-order valence-corrected chi connectivity index (χ1v) is 9.75. The normalized spacial score (nSPS) is 16.5. The molecule has 1 heterocycles. The van der Waals surface area contributed by atoms with Crippen LogP contribution in [0, 0.1) is 5.92 Å². The zero-order chi connectivity index (χ0) is 20.4. The highest BCUT2D eigenvalue weighted by atomic mass is 16.6. The Morgan fingerprint density at radius 1 is 1.19 bits per heavy atom. The van der Waals surface area contributed by atoms with Crippen molar-refractivity contribution in [3.63, 3.8) is 0 Å². The van der Waals surface area contributed by atoms with Crippen LogP contribution in [0.25, 0.3) is 0 Å². The van der Waals surface area contributed by atoms with Gasteiger partial charge >= 0.3 is 18.2 Å². The number of likely N-dealkylation sites (tertiary alicyclic amines) is 1. The van der Waals surface area contributed by atoms with Gasteiger partial charge in [-0.3, -0.25) is 4.79 Å². The fourth-order valence-corrected chi connectivity index (χ4v) is 3.04. The SMILES string of the molecule is CCCCCOC(=O)NC(CC(=O)O)C1CCN(C(=O)OC(C)(C)C)CC1. The smallest absolute Gasteiger partial charge is 0.410 e. The summed E-state index contributed by atoms with van der Waals surface area (Å²) in [7, 11) is 0. The molecule has 0 aromatic carbocycles. The molecule has 0 spiro atoms. The van der Waals surface area contributed by atoms with Gasteiger partial charge in [-0.05, 0) is 46.0 Å². The van der Waals surface area contributed by atoms with Crippen LogP contribution in [0.5, 0.6) is 0 Å². The van der Waals surface area contributed by atoms with Crippen LogP contribution in [0.4, 0.5) is 9.59 Å². The van der Waals surface area contributed by atoms with Crippen LogP contribution in [-0.2, 0) is 14.3 Å². The van der Waals surface area contributed by atoms with Crippen molar-refractivity contribution in [3.05, 3.63) is 0 Å². The van der Waals surface area contributed by atoms with Crippen molar-refractivity contribution >= 4 is 18.2 Å². The molecule has 0 bridgehead atoms. The highest BCUT2D eigenvalue weighted by Gasteiger charge is 2.32. The number of carbonyl (C=O) groups excluding carboxylic acids is 2. The number of carboxylic acids is 1. The third-order valence-corrected chi connectivity index (χ3v) is 4.44. The van der Waals surface area contributed by atoms with E-state index in [1.807, 2.05) is 20.8 Å². The number of unbranched alkanes of at least 4 members (excludes halogenated alkanes) is 2. The Balaban J connectivity index is 2.53. The molecule has 1 atom stereocenters. The lowest BCUT2D eigenvalue weighted by Gasteiger charge is -2.36. The molecule has 1 saturated heterocycles. The number of rotatable bonds is 8. The number of nitrogens with zero attached hydrogens (tertiary/aromatic N) is 1. The fraction of sp³-hybridized carbons (Fsp3) is 0.842. The van der Waals surface area contributed by atoms with E-state index in [-0.39, 0.29) is 18.4 Å². The fourth-order valence-electron chi connectivity index (χ4n) is 3.04. The summed E-state index contributed by atoms with van der Waals surface area (Å²) < 4.78 is 10.5. The Morgan fingerprint density at radius 3 is 2.33 bits per heavy atom. The summed E-state index contributed by atoms with van der Waals surface area (Å²) in [5.74, 6) is -0.996. The van der Waals surface area contributed by atoms with E-state index < -0.39 is 23.7 Å². The van der Waals surface area contributed by atoms with Gasteiger partial charge in [0.15, 0.2) is 0 Å². The van der Waals surface area contributed by atoms with Crippen molar-refractivity contribution in [1.29, 1.82) is 0 Å². The topological polar surface area (TPSA) is 105 Å². The highest BCUT2D eigenvalue weighted by Crippen LogP contribution is 2.24. The molecular weight excluding hydrogens is 352 g/mol. The highest BCUT2D eigenvalue weighted by molar-refractivity contribution is 5.71. The number of carbonyl (C=O) groups is 3. The summed E-state index contributed by atoms with van der Waals surface area (Å²) in [6.45, 7) is 8.79. The minimum Gasteiger partial charge on any atom is -0.481 e. The van der Waals surface area contributed by atoms with Crippen molar-refractivity contribution in [3.8, 4) is 0 Å². The number of hydrogen-bond donors (Lipinski definition) is 2. The second-order valence-electron chi connectivity index (χ2n) is 8.00. The molecule has 1 fully saturated rings. The van der Waals surface area contributed by atoms with Crippen LogP contribution in [0.1, 0.15) is 66.2 Å². The maximum absolute atomic E-state index is 12.1. The molecular formula is C19H34N2O6. The van der Waals surface area contributed by atoms with Gasteiger partial charge < -0.3 is 24.8 Å². The average molecular weight is 386 g/mol. The van der Waals surface area contributed by atoms with Crippen LogP contribution in [-0.4, -0.2) is 59.5 Å². The van der Waals surface area contributed by atoms with Crippen molar-refractivity contribution < 1.29 is 29.0 Å². The molecule has 27 heavy (non-hydrogen) atoms. The molecule has 1 aliphatic rings. The van der Waals surface area contributed by atoms with Crippen LogP contribution in [0.3, 0.4) is 0 Å². The van der Waals surface area contributed by atoms with E-state index in [0.717, 1.165) is 19.3 Å². The molecule has 0 radical (unpaired) electrons. The summed E-state index contributed by atoms with van der Waals surface area (Å²) in [5, 5.41) is 11.9. The maximum Gasteiger partial charge on any atom is 0.410 e. The first-order valence-electron chi connectivity index (χ1n) is 9.75. The molecule has 1 unspecified atom stereocenters. The molecule has 156 valence electrons. The largest absolute Gasteiger partial charge is 0.481 e. The molecule has 1 aliphatic heterocycles. The van der Waals surface area contributed by atoms with Gasteiger partial charge in [-0.15, -0.1) is 0 Å². The van der Waals surface area contributed by atoms with Crippen molar-refractivity contribution in [2.75, 3.05) is 19.7 Å². The summed E-state index contributed by atoms with van der Waals surface area (Å²) in [5.41, 5.74) is -0.553. The van der Waals surface area contributed by atoms with E-state index in [1.54, 1.807) is 4.90 Å². The lowest BCUT2D eigenvalue weighted by Crippen LogP contribution is -2.48. The molecule has 1 rings (SSSR count). The number of ether oxygens (including phenoxy) is 2. The van der Waals surface area contributed by atoms with Gasteiger partial charge in [0.05, 0.1) is 13.0 Å². The number of nitrogens with one attached hydrogen (secondary N) is 1. The standard InChI is InChI=1S/C19H34N2O6/c1-5-6-7-12-26-17(24)20-15(13-16(22)23)14-8-10-21(11-9-14)18(25)27-19(2,3)4/h14-15H,5-13H2,1-4H3,(H,20,24)(H,22,23). The predicted molar refractivity (Wildman–Crippen MR) is 101 cm³/mol. The molecule has 8 nitrogen and oxygen atoms in total. The summed E-state index contributed by atoms with van der Waals surface area (Å²) in [4.78, 5) is 36.9. The average Bonchev–Trinajstić information content (AvgIpc) is 2.56. The first-order chi connectivity index (χ1) is 12.6. The molecule has 8 heteroatoms. The van der Waals surface area contributed by atoms with Crippen LogP contribution in [0.15, 0.2) is 0 Å². The van der Waals surface area contributed by atoms with Gasteiger partial charge in [0.1, 0.15) is 5.60 Å². The Morgan fingerprint density at radius 2 is 1.81 bits per heavy atom. The zero-order valence-electron chi connectivity index (χ0n) is 17.0. The maximum atomic E-state index is 12.1. The van der Waals surface area contributed by atoms with Gasteiger partial charge in [0.2, 0.25) is 0 Å². The Bertz CT molecular complexity index is 495. The number of alkyl carbamates (subject to hydrolysis) is 1. The molecule has 2 N–H and O–H groups in total. The minimum absolute atomic E-state index is 0.0250. The van der Waals surface area contributed by atoms with Gasteiger partial charge in [-0.1, -0.05) is 19.8 Å². The Kier molecular flexibility index (Phi) is 9.38.